The Morgan fingerprint density at radius 1 is 0.841 bits per heavy atom. The molecule has 0 radical (unpaired) electrons. The Morgan fingerprint density at radius 2 is 1.52 bits per heavy atom. The number of carboxylic acid groups (broad SMARTS) is 1. The van der Waals surface area contributed by atoms with Crippen LogP contribution in [-0.4, -0.2) is 167 Å². The predicted molar refractivity (Wildman–Crippen MR) is 325 cm³/mol. The molecule has 7 N–H and O–H groups in total. The number of carbonyl (C=O) groups excluding carboxylic acids is 7. The Kier molecular flexibility index (Phi) is 30.1. The molecule has 4 atom stereocenters. The highest BCUT2D eigenvalue weighted by Gasteiger charge is 2.31. The van der Waals surface area contributed by atoms with Crippen LogP contribution in [0.1, 0.15) is 76.0 Å². The Morgan fingerprint density at radius 3 is 2.22 bits per heavy atom. The molecule has 6 amide bonds. The Balaban J connectivity index is 0.00000299. The summed E-state index contributed by atoms with van der Waals surface area (Å²) in [7, 11) is 0. The fourth-order valence-corrected chi connectivity index (χ4v) is 10.0. The summed E-state index contributed by atoms with van der Waals surface area (Å²) in [4.78, 5) is 96.1. The van der Waals surface area contributed by atoms with Gasteiger partial charge < -0.3 is 75.0 Å². The van der Waals surface area contributed by atoms with Crippen molar-refractivity contribution in [3.8, 4) is 17.0 Å². The summed E-state index contributed by atoms with van der Waals surface area (Å²) in [6.07, 6.45) is 11.8. The van der Waals surface area contributed by atoms with Crippen LogP contribution in [0.4, 0.5) is 22.1 Å². The van der Waals surface area contributed by atoms with Crippen LogP contribution < -0.4 is 41.7 Å². The summed E-state index contributed by atoms with van der Waals surface area (Å²) < 4.78 is 40.5. The fourth-order valence-electron chi connectivity index (χ4n) is 10.0. The molecule has 7 rings (SSSR count). The molecular formula is C64H85N9O15. The molecule has 88 heavy (non-hydrogen) atoms. The zero-order chi connectivity index (χ0) is 62.9. The number of ether oxygens (including phenoxy) is 7. The van der Waals surface area contributed by atoms with Gasteiger partial charge in [-0.05, 0) is 79.3 Å². The summed E-state index contributed by atoms with van der Waals surface area (Å²) in [5.41, 5.74) is 11.6. The van der Waals surface area contributed by atoms with Crippen molar-refractivity contribution in [2.75, 3.05) is 109 Å². The molecule has 0 aliphatic carbocycles. The van der Waals surface area contributed by atoms with Gasteiger partial charge in [-0.25, -0.2) is 14.8 Å². The second-order valence-corrected chi connectivity index (χ2v) is 21.6. The number of likely N-dealkylation sites (tertiary alicyclic amines) is 1. The van der Waals surface area contributed by atoms with Crippen molar-refractivity contribution in [1.29, 1.82) is 0 Å². The van der Waals surface area contributed by atoms with Gasteiger partial charge in [0.2, 0.25) is 17.8 Å². The van der Waals surface area contributed by atoms with E-state index in [0.717, 1.165) is 83.6 Å². The van der Waals surface area contributed by atoms with Crippen molar-refractivity contribution in [3.63, 3.8) is 0 Å². The van der Waals surface area contributed by atoms with Crippen LogP contribution in [-0.2, 0) is 76.8 Å². The third-order valence-electron chi connectivity index (χ3n) is 14.5. The average Bonchev–Trinajstić information content (AvgIpc) is 4.20. The molecule has 476 valence electrons. The molecule has 0 spiro atoms. The smallest absolute Gasteiger partial charge is 0.312 e. The van der Waals surface area contributed by atoms with E-state index in [9.17, 15) is 28.8 Å². The lowest BCUT2D eigenvalue weighted by molar-refractivity contribution is -0.912. The summed E-state index contributed by atoms with van der Waals surface area (Å²) in [6, 6.07) is 22.7. The van der Waals surface area contributed by atoms with Crippen LogP contribution in [0.2, 0.25) is 0 Å². The predicted octanol–water partition coefficient (Wildman–Crippen LogP) is 3.40. The van der Waals surface area contributed by atoms with Gasteiger partial charge in [-0.1, -0.05) is 56.3 Å². The molecular weight excluding hydrogens is 1130 g/mol. The number of carboxylic acids is 1. The third kappa shape index (κ3) is 25.4. The van der Waals surface area contributed by atoms with E-state index < -0.39 is 24.0 Å². The van der Waals surface area contributed by atoms with Gasteiger partial charge in [0.25, 0.3) is 11.8 Å². The van der Waals surface area contributed by atoms with E-state index in [1.165, 1.54) is 17.1 Å². The zero-order valence-electron chi connectivity index (χ0n) is 50.6. The number of hydrogen-bond donors (Lipinski definition) is 6. The third-order valence-corrected chi connectivity index (χ3v) is 14.5. The SMILES string of the molecule is CC(=O)[O-].CC(C)[C@H](NC(=O)CCOCCOCCOCCOCCN1C(=O)C=CC1=O)C(=O)C[C@@H](CCCNC(N)=O)C(=O)Nc1ccc(CC2CCC[NH+]2CCOc2ccc3cc2COC/C=C/COCc2cccc(c2)-c2ccnc(n2)N3)cc1. The molecule has 3 aliphatic rings. The monoisotopic (exact) mass is 1220 g/mol. The van der Waals surface area contributed by atoms with Crippen LogP contribution in [0, 0.1) is 11.8 Å². The number of imide groups is 1. The first-order valence-electron chi connectivity index (χ1n) is 30.0. The number of quaternary nitrogens is 1. The van der Waals surface area contributed by atoms with Crippen molar-refractivity contribution >= 4 is 58.7 Å². The minimum absolute atomic E-state index is 0.0222. The normalized spacial score (nSPS) is 16.7. The molecule has 4 aromatic rings. The number of nitrogens with two attached hydrogens (primary N) is 1. The van der Waals surface area contributed by atoms with Crippen LogP contribution in [0.25, 0.3) is 11.3 Å². The first-order chi connectivity index (χ1) is 42.6. The number of nitrogens with one attached hydrogen (secondary N) is 5. The molecule has 0 saturated carbocycles. The molecule has 3 aromatic carbocycles. The van der Waals surface area contributed by atoms with Crippen molar-refractivity contribution in [2.24, 2.45) is 17.6 Å². The van der Waals surface area contributed by atoms with E-state index in [1.54, 1.807) is 6.20 Å². The van der Waals surface area contributed by atoms with Gasteiger partial charge in [-0.3, -0.25) is 28.9 Å². The van der Waals surface area contributed by atoms with E-state index in [-0.39, 0.29) is 87.7 Å². The maximum absolute atomic E-state index is 13.9. The van der Waals surface area contributed by atoms with Crippen LogP contribution in [0.15, 0.2) is 103 Å². The number of ketones is 1. The number of fused-ring (bicyclic) bond motifs is 7. The maximum Gasteiger partial charge on any atom is 0.312 e. The second kappa shape index (κ2) is 38.3. The number of amides is 6. The first-order valence-corrected chi connectivity index (χ1v) is 30.0. The molecule has 24 heteroatoms. The second-order valence-electron chi connectivity index (χ2n) is 21.6. The molecule has 1 saturated heterocycles. The molecule has 3 aliphatic heterocycles. The lowest BCUT2D eigenvalue weighted by atomic mass is 9.89. The summed E-state index contributed by atoms with van der Waals surface area (Å²) >= 11 is 0. The van der Waals surface area contributed by atoms with Crippen LogP contribution >= 0.6 is 0 Å². The standard InChI is InChI=1S/C62H81N9O13.C2H4O2/c1-44(2)59(69-56(73)21-29-78-32-34-80-36-37-81-35-33-79-30-26-71-57(74)18-19-58(71)75)54(72)41-48(10-6-22-64-61(63)77)60(76)66-50-14-12-45(13-15-50)39-52-11-7-24-70(52)25-31-84-55-17-16-51-40-49(55)43-83-28-4-3-27-82-42-46-8-5-9-47(38-46)53-20-23-65-62(67-51)68-53;1-2(3)4/h3-5,8-9,12-20,23,38,40,44,48,52,59H,6-7,10-11,21-22,24-37,39,41-43H2,1-2H3,(H,66,76)(H,69,73)(H3,63,64,77)(H,65,67,68);1H3,(H,3,4)/b4-3+;/t48-,52?,59+;/m1./s1. The fraction of sp³-hybridized carbons (Fsp3) is 0.484. The number of nitrogens with zero attached hydrogens (tertiary/aromatic N) is 3. The number of Topliss-reactive ketones (excluding diaryl/α,β-unsaturated/α-hetero) is 1. The lowest BCUT2D eigenvalue weighted by Gasteiger charge is -2.24. The number of benzene rings is 3. The number of primary amides is 1. The van der Waals surface area contributed by atoms with E-state index in [4.69, 9.17) is 53.8 Å². The quantitative estimate of drug-likeness (QED) is 0.0232. The maximum atomic E-state index is 13.9. The summed E-state index contributed by atoms with van der Waals surface area (Å²) in [5, 5.41) is 20.7. The number of anilines is 3. The van der Waals surface area contributed by atoms with Crippen LogP contribution in [0.5, 0.6) is 5.75 Å². The summed E-state index contributed by atoms with van der Waals surface area (Å²) in [6.45, 7) is 11.3. The molecule has 1 aromatic heterocycles. The molecule has 6 bridgehead atoms. The molecule has 1 fully saturated rings. The van der Waals surface area contributed by atoms with Gasteiger partial charge in [0, 0.05) is 91.4 Å². The summed E-state index contributed by atoms with van der Waals surface area (Å²) in [5.74, 6) is -2.50. The molecule has 24 nitrogen and oxygen atoms in total. The zero-order valence-corrected chi connectivity index (χ0v) is 50.6. The largest absolute Gasteiger partial charge is 0.550 e. The van der Waals surface area contributed by atoms with Gasteiger partial charge >= 0.3 is 6.03 Å². The highest BCUT2D eigenvalue weighted by atomic mass is 16.6. The molecule has 2 unspecified atom stereocenters. The highest BCUT2D eigenvalue weighted by Crippen LogP contribution is 2.27. The van der Waals surface area contributed by atoms with E-state index in [2.05, 4.69) is 32.3 Å². The first kappa shape index (κ1) is 69.1. The Hall–Kier alpha value is -7.97. The van der Waals surface area contributed by atoms with Gasteiger partial charge in [-0.2, -0.15) is 0 Å². The van der Waals surface area contributed by atoms with Gasteiger partial charge in [0.15, 0.2) is 5.78 Å². The van der Waals surface area contributed by atoms with Crippen molar-refractivity contribution in [1.82, 2.24) is 25.5 Å². The Labute approximate surface area is 514 Å². The highest BCUT2D eigenvalue weighted by molar-refractivity contribution is 6.12. The van der Waals surface area contributed by atoms with Crippen LogP contribution in [0.3, 0.4) is 0 Å². The van der Waals surface area contributed by atoms with Crippen molar-refractivity contribution < 1.29 is 76.7 Å². The number of rotatable bonds is 32. The number of aliphatic carboxylic acids is 1. The van der Waals surface area contributed by atoms with Gasteiger partial charge in [0.1, 0.15) is 18.9 Å². The minimum atomic E-state index is -1.08. The molecule has 4 heterocycles. The van der Waals surface area contributed by atoms with Crippen molar-refractivity contribution in [2.45, 2.75) is 91.0 Å². The Bertz CT molecular complexity index is 2920. The number of urea groups is 1. The number of hydrogen-bond acceptors (Lipinski definition) is 18. The minimum Gasteiger partial charge on any atom is -0.550 e. The lowest BCUT2D eigenvalue weighted by Crippen LogP contribution is -3.14. The van der Waals surface area contributed by atoms with E-state index >= 15 is 0 Å². The van der Waals surface area contributed by atoms with E-state index in [0.29, 0.717) is 90.0 Å². The van der Waals surface area contributed by atoms with E-state index in [1.807, 2.05) is 92.7 Å². The number of carbonyl (C=O) groups is 7. The average molecular weight is 1220 g/mol. The van der Waals surface area contributed by atoms with Gasteiger partial charge in [-0.15, -0.1) is 0 Å². The van der Waals surface area contributed by atoms with Crippen molar-refractivity contribution in [3.05, 3.63) is 120 Å². The topological polar surface area (TPSA) is 315 Å². The van der Waals surface area contributed by atoms with Gasteiger partial charge in [0.05, 0.1) is 110 Å². The number of aromatic nitrogens is 2.